The van der Waals surface area contributed by atoms with Crippen molar-refractivity contribution in [2.24, 2.45) is 5.92 Å². The number of esters is 1. The monoisotopic (exact) mass is 450 g/mol. The molecule has 0 amide bonds. The third kappa shape index (κ3) is 6.51. The van der Waals surface area contributed by atoms with Gasteiger partial charge in [0.05, 0.1) is 0 Å². The fraction of sp³-hybridized carbons (Fsp3) is 0.483. The molecule has 0 atom stereocenters. The molecule has 0 radical (unpaired) electrons. The van der Waals surface area contributed by atoms with Crippen LogP contribution in [-0.2, 0) is 11.2 Å². The molecule has 1 saturated carbocycles. The maximum atomic E-state index is 12.0. The van der Waals surface area contributed by atoms with E-state index < -0.39 is 5.97 Å². The van der Waals surface area contributed by atoms with Gasteiger partial charge in [-0.3, -0.25) is 0 Å². The maximum Gasteiger partial charge on any atom is 0.339 e. The summed E-state index contributed by atoms with van der Waals surface area (Å²) in [5.41, 5.74) is 5.44. The van der Waals surface area contributed by atoms with Gasteiger partial charge in [-0.15, -0.1) is 0 Å². The van der Waals surface area contributed by atoms with E-state index in [1.54, 1.807) is 0 Å². The van der Waals surface area contributed by atoms with Crippen molar-refractivity contribution in [1.82, 2.24) is 0 Å². The molecular formula is C29H38O2S. The van der Waals surface area contributed by atoms with Gasteiger partial charge in [0.1, 0.15) is 5.75 Å². The van der Waals surface area contributed by atoms with Gasteiger partial charge in [0, 0.05) is 11.3 Å². The fourth-order valence-corrected chi connectivity index (χ4v) is 4.98. The molecule has 3 heteroatoms. The normalized spacial score (nSPS) is 18.3. The highest BCUT2D eigenvalue weighted by molar-refractivity contribution is 7.80. The van der Waals surface area contributed by atoms with Crippen molar-refractivity contribution in [1.29, 1.82) is 0 Å². The molecular weight excluding hydrogens is 412 g/mol. The predicted molar refractivity (Wildman–Crippen MR) is 139 cm³/mol. The van der Waals surface area contributed by atoms with Crippen LogP contribution in [0.4, 0.5) is 0 Å². The minimum atomic E-state index is -0.417. The van der Waals surface area contributed by atoms with Crippen molar-refractivity contribution >= 4 is 18.6 Å². The summed E-state index contributed by atoms with van der Waals surface area (Å²) < 4.78 is 5.45. The molecule has 0 spiro atoms. The van der Waals surface area contributed by atoms with E-state index >= 15 is 0 Å². The van der Waals surface area contributed by atoms with Crippen LogP contribution in [0.1, 0.15) is 82.3 Å². The number of hydrogen-bond acceptors (Lipinski definition) is 3. The number of hydrogen-bond donors (Lipinski definition) is 1. The lowest BCUT2D eigenvalue weighted by Crippen LogP contribution is -2.13. The van der Waals surface area contributed by atoms with Crippen LogP contribution >= 0.6 is 12.6 Å². The van der Waals surface area contributed by atoms with Crippen molar-refractivity contribution in [2.75, 3.05) is 5.75 Å². The number of rotatable bonds is 10. The molecule has 1 fully saturated rings. The van der Waals surface area contributed by atoms with Gasteiger partial charge in [0.25, 0.3) is 0 Å². The smallest absolute Gasteiger partial charge is 0.339 e. The number of thiol groups is 1. The summed E-state index contributed by atoms with van der Waals surface area (Å²) in [6.07, 6.45) is 11.8. The van der Waals surface area contributed by atoms with Crippen LogP contribution in [0, 0.1) is 5.92 Å². The van der Waals surface area contributed by atoms with E-state index in [1.807, 2.05) is 12.1 Å². The highest BCUT2D eigenvalue weighted by atomic mass is 32.1. The molecule has 1 aliphatic carbocycles. The molecule has 0 heterocycles. The van der Waals surface area contributed by atoms with Gasteiger partial charge >= 0.3 is 5.97 Å². The van der Waals surface area contributed by atoms with E-state index in [4.69, 9.17) is 4.74 Å². The lowest BCUT2D eigenvalue weighted by atomic mass is 9.77. The van der Waals surface area contributed by atoms with Gasteiger partial charge in [-0.1, -0.05) is 76.4 Å². The van der Waals surface area contributed by atoms with Gasteiger partial charge in [0.15, 0.2) is 0 Å². The molecule has 2 aromatic rings. The number of unbranched alkanes of at least 4 members (excludes halogenated alkanes) is 2. The van der Waals surface area contributed by atoms with Crippen LogP contribution in [0.3, 0.4) is 0 Å². The molecule has 1 aliphatic rings. The number of carbonyl (C=O) groups is 1. The second kappa shape index (κ2) is 12.3. The Morgan fingerprint density at radius 2 is 1.75 bits per heavy atom. The molecule has 172 valence electrons. The van der Waals surface area contributed by atoms with E-state index in [9.17, 15) is 4.79 Å². The molecule has 0 bridgehead atoms. The van der Waals surface area contributed by atoms with Crippen LogP contribution < -0.4 is 4.74 Å². The van der Waals surface area contributed by atoms with E-state index in [0.717, 1.165) is 12.3 Å². The average Bonchev–Trinajstić information content (AvgIpc) is 2.84. The number of ether oxygens (including phenoxy) is 1. The first-order valence-corrected chi connectivity index (χ1v) is 12.9. The van der Waals surface area contributed by atoms with E-state index in [-0.39, 0.29) is 0 Å². The van der Waals surface area contributed by atoms with Crippen LogP contribution in [0.2, 0.25) is 0 Å². The SMILES string of the molecule is C=C(CS)C(=O)Oc1ccc(-c2ccc(C3CCC(CCCCC)CC3)cc2)c(CC)c1. The average molecular weight is 451 g/mol. The highest BCUT2D eigenvalue weighted by Gasteiger charge is 2.22. The van der Waals surface area contributed by atoms with Crippen LogP contribution in [0.5, 0.6) is 5.75 Å². The third-order valence-corrected chi connectivity index (χ3v) is 7.29. The number of aryl methyl sites for hydroxylation is 1. The van der Waals surface area contributed by atoms with Gasteiger partial charge in [-0.2, -0.15) is 12.6 Å². The zero-order valence-corrected chi connectivity index (χ0v) is 20.6. The first kappa shape index (κ1) is 24.6. The fourth-order valence-electron chi connectivity index (χ4n) is 4.85. The standard InChI is InChI=1S/C29H38O2S/c1-4-6-7-8-22-9-11-24(12-10-22)25-13-15-26(16-14-25)28-18-17-27(19-23(28)5-2)31-29(30)21(3)20-32/h13-19,22,24,32H,3-12,20H2,1-2H3. The Kier molecular flexibility index (Phi) is 9.47. The first-order chi connectivity index (χ1) is 15.5. The molecule has 0 unspecified atom stereocenters. The lowest BCUT2D eigenvalue weighted by molar-refractivity contribution is -0.130. The van der Waals surface area contributed by atoms with Crippen molar-refractivity contribution in [3.8, 4) is 16.9 Å². The molecule has 32 heavy (non-hydrogen) atoms. The Hall–Kier alpha value is -2.00. The molecule has 3 rings (SSSR count). The van der Waals surface area contributed by atoms with Gasteiger partial charge in [-0.25, -0.2) is 4.79 Å². The summed E-state index contributed by atoms with van der Waals surface area (Å²) in [5.74, 6) is 2.09. The topological polar surface area (TPSA) is 26.3 Å². The second-order valence-corrected chi connectivity index (χ2v) is 9.48. The van der Waals surface area contributed by atoms with E-state index in [0.29, 0.717) is 23.0 Å². The summed E-state index contributed by atoms with van der Waals surface area (Å²) >= 11 is 4.09. The largest absolute Gasteiger partial charge is 0.423 e. The summed E-state index contributed by atoms with van der Waals surface area (Å²) in [5, 5.41) is 0. The minimum absolute atomic E-state index is 0.296. The minimum Gasteiger partial charge on any atom is -0.423 e. The van der Waals surface area contributed by atoms with Crippen molar-refractivity contribution < 1.29 is 9.53 Å². The Morgan fingerprint density at radius 1 is 1.03 bits per heavy atom. The number of carbonyl (C=O) groups excluding carboxylic acids is 1. The zero-order chi connectivity index (χ0) is 22.9. The molecule has 0 N–H and O–H groups in total. The van der Waals surface area contributed by atoms with Gasteiger partial charge in [-0.05, 0) is 78.3 Å². The Balaban J connectivity index is 1.64. The molecule has 0 saturated heterocycles. The maximum absolute atomic E-state index is 12.0. The van der Waals surface area contributed by atoms with Crippen molar-refractivity contribution in [3.63, 3.8) is 0 Å². The zero-order valence-electron chi connectivity index (χ0n) is 19.7. The Morgan fingerprint density at radius 3 is 2.38 bits per heavy atom. The molecule has 2 nitrogen and oxygen atoms in total. The van der Waals surface area contributed by atoms with Crippen LogP contribution in [0.15, 0.2) is 54.6 Å². The Bertz CT molecular complexity index is 892. The van der Waals surface area contributed by atoms with Gasteiger partial charge < -0.3 is 4.74 Å². The highest BCUT2D eigenvalue weighted by Crippen LogP contribution is 2.38. The van der Waals surface area contributed by atoms with E-state index in [2.05, 4.69) is 63.4 Å². The van der Waals surface area contributed by atoms with Crippen molar-refractivity contribution in [2.45, 2.75) is 77.6 Å². The summed E-state index contributed by atoms with van der Waals surface area (Å²) in [6.45, 7) is 8.11. The summed E-state index contributed by atoms with van der Waals surface area (Å²) in [4.78, 5) is 12.0. The summed E-state index contributed by atoms with van der Waals surface area (Å²) in [6, 6.07) is 15.0. The summed E-state index contributed by atoms with van der Waals surface area (Å²) in [7, 11) is 0. The third-order valence-electron chi connectivity index (χ3n) is 6.90. The van der Waals surface area contributed by atoms with E-state index in [1.165, 1.54) is 73.6 Å². The van der Waals surface area contributed by atoms with Gasteiger partial charge in [0.2, 0.25) is 0 Å². The van der Waals surface area contributed by atoms with Crippen molar-refractivity contribution in [3.05, 3.63) is 65.7 Å². The van der Waals surface area contributed by atoms with Crippen LogP contribution in [-0.4, -0.2) is 11.7 Å². The van der Waals surface area contributed by atoms with Crippen LogP contribution in [0.25, 0.3) is 11.1 Å². The molecule has 2 aromatic carbocycles. The quantitative estimate of drug-likeness (QED) is 0.130. The Labute approximate surface area is 199 Å². The molecule has 0 aliphatic heterocycles. The number of benzene rings is 2. The second-order valence-electron chi connectivity index (χ2n) is 9.16. The predicted octanol–water partition coefficient (Wildman–Crippen LogP) is 8.16. The first-order valence-electron chi connectivity index (χ1n) is 12.3. The lowest BCUT2D eigenvalue weighted by Gasteiger charge is -2.29. The molecule has 0 aromatic heterocycles.